The second-order valence-corrected chi connectivity index (χ2v) is 9.29. The largest absolute Gasteiger partial charge is 0.496 e. The summed E-state index contributed by atoms with van der Waals surface area (Å²) < 4.78 is 5.49. The number of piperazine rings is 1. The Hall–Kier alpha value is -2.66. The molecule has 0 aromatic heterocycles. The highest BCUT2D eigenvalue weighted by Crippen LogP contribution is 2.26. The van der Waals surface area contributed by atoms with Crippen molar-refractivity contribution >= 4 is 17.2 Å². The standard InChI is InChI=1S/C29H43N3O2/c1-9-20(4)27(14-13-26(11-3)32-18-21(5)30-22(6)19-32)31-28(16-23(7)33)25-12-15-29(34-8)24(10-2)17-25/h11-17,20-22,30H,9-10,18-19H2,1-8H3/b14-13-,26-11+,28-16-,31-27-. The molecule has 34 heavy (non-hydrogen) atoms. The number of methoxy groups -OCH3 is 1. The molecule has 1 aliphatic rings. The molecule has 1 saturated heterocycles. The number of allylic oxidation sites excluding steroid dienone is 4. The summed E-state index contributed by atoms with van der Waals surface area (Å²) in [6.07, 6.45) is 9.91. The highest BCUT2D eigenvalue weighted by Gasteiger charge is 2.21. The van der Waals surface area contributed by atoms with Gasteiger partial charge >= 0.3 is 0 Å². The summed E-state index contributed by atoms with van der Waals surface area (Å²) in [6, 6.07) is 6.91. The van der Waals surface area contributed by atoms with Crippen LogP contribution in [0.25, 0.3) is 5.70 Å². The Morgan fingerprint density at radius 3 is 2.44 bits per heavy atom. The van der Waals surface area contributed by atoms with E-state index in [1.165, 1.54) is 5.70 Å². The molecule has 186 valence electrons. The minimum absolute atomic E-state index is 0.0157. The minimum atomic E-state index is -0.0157. The lowest BCUT2D eigenvalue weighted by molar-refractivity contribution is -0.112. The second-order valence-electron chi connectivity index (χ2n) is 9.29. The maximum Gasteiger partial charge on any atom is 0.154 e. The molecule has 1 aromatic carbocycles. The first-order valence-electron chi connectivity index (χ1n) is 12.6. The summed E-state index contributed by atoms with van der Waals surface area (Å²) in [4.78, 5) is 19.6. The third kappa shape index (κ3) is 7.69. The highest BCUT2D eigenvalue weighted by atomic mass is 16.5. The van der Waals surface area contributed by atoms with Crippen molar-refractivity contribution < 1.29 is 9.53 Å². The molecule has 2 rings (SSSR count). The lowest BCUT2D eigenvalue weighted by atomic mass is 10.00. The van der Waals surface area contributed by atoms with E-state index in [0.29, 0.717) is 17.8 Å². The van der Waals surface area contributed by atoms with Gasteiger partial charge in [0.15, 0.2) is 5.78 Å². The predicted octanol–water partition coefficient (Wildman–Crippen LogP) is 5.82. The van der Waals surface area contributed by atoms with Crippen LogP contribution in [0.15, 0.2) is 53.2 Å². The van der Waals surface area contributed by atoms with Crippen molar-refractivity contribution in [2.75, 3.05) is 20.2 Å². The Kier molecular flexibility index (Phi) is 10.8. The van der Waals surface area contributed by atoms with E-state index in [9.17, 15) is 4.79 Å². The smallest absolute Gasteiger partial charge is 0.154 e. The van der Waals surface area contributed by atoms with Crippen LogP contribution in [0.1, 0.15) is 66.0 Å². The fourth-order valence-electron chi connectivity index (χ4n) is 4.34. The number of aliphatic imine (C=N–C) groups is 1. The van der Waals surface area contributed by atoms with E-state index >= 15 is 0 Å². The predicted molar refractivity (Wildman–Crippen MR) is 144 cm³/mol. The van der Waals surface area contributed by atoms with E-state index in [2.05, 4.69) is 76.1 Å². The van der Waals surface area contributed by atoms with Crippen LogP contribution in [0, 0.1) is 5.92 Å². The van der Waals surface area contributed by atoms with Crippen molar-refractivity contribution in [3.63, 3.8) is 0 Å². The molecule has 0 bridgehead atoms. The van der Waals surface area contributed by atoms with Crippen molar-refractivity contribution in [1.82, 2.24) is 10.2 Å². The van der Waals surface area contributed by atoms with Gasteiger partial charge in [0.25, 0.3) is 0 Å². The zero-order chi connectivity index (χ0) is 25.3. The first-order valence-corrected chi connectivity index (χ1v) is 12.6. The number of ketones is 1. The van der Waals surface area contributed by atoms with Crippen molar-refractivity contribution in [2.24, 2.45) is 10.9 Å². The summed E-state index contributed by atoms with van der Waals surface area (Å²) in [5, 5.41) is 3.60. The molecule has 5 nitrogen and oxygen atoms in total. The molecule has 0 amide bonds. The van der Waals surface area contributed by atoms with Crippen LogP contribution >= 0.6 is 0 Å². The van der Waals surface area contributed by atoms with Crippen LogP contribution in [0.3, 0.4) is 0 Å². The minimum Gasteiger partial charge on any atom is -0.496 e. The maximum atomic E-state index is 12.1. The molecule has 1 heterocycles. The van der Waals surface area contributed by atoms with Crippen LogP contribution in [-0.2, 0) is 11.2 Å². The number of rotatable bonds is 10. The summed E-state index contributed by atoms with van der Waals surface area (Å²) in [5.74, 6) is 1.10. The van der Waals surface area contributed by atoms with Gasteiger partial charge in [0.1, 0.15) is 5.75 Å². The fourth-order valence-corrected chi connectivity index (χ4v) is 4.34. The molecule has 5 heteroatoms. The number of carbonyl (C=O) groups excluding carboxylic acids is 1. The zero-order valence-electron chi connectivity index (χ0n) is 22.3. The maximum absolute atomic E-state index is 12.1. The zero-order valence-corrected chi connectivity index (χ0v) is 22.3. The molecular formula is C29H43N3O2. The van der Waals surface area contributed by atoms with Crippen molar-refractivity contribution in [2.45, 2.75) is 73.4 Å². The molecule has 0 aliphatic carbocycles. The molecule has 3 unspecified atom stereocenters. The Morgan fingerprint density at radius 1 is 1.24 bits per heavy atom. The van der Waals surface area contributed by atoms with Gasteiger partial charge in [-0.05, 0) is 82.4 Å². The van der Waals surface area contributed by atoms with Crippen molar-refractivity contribution in [3.8, 4) is 5.75 Å². The molecule has 0 radical (unpaired) electrons. The van der Waals surface area contributed by atoms with Gasteiger partial charge in [-0.2, -0.15) is 0 Å². The molecule has 3 atom stereocenters. The monoisotopic (exact) mass is 465 g/mol. The topological polar surface area (TPSA) is 53.9 Å². The fraction of sp³-hybridized carbons (Fsp3) is 0.517. The van der Waals surface area contributed by atoms with Gasteiger partial charge in [-0.15, -0.1) is 0 Å². The summed E-state index contributed by atoms with van der Waals surface area (Å²) in [5.41, 5.74) is 4.89. The van der Waals surface area contributed by atoms with Gasteiger partial charge in [-0.25, -0.2) is 0 Å². The SMILES string of the molecule is C\C=C(/C=C\C(=N\C(=C/C(C)=O)c1ccc(OC)c(CC)c1)C(C)CC)N1CC(C)NC(C)C1. The van der Waals surface area contributed by atoms with E-state index in [-0.39, 0.29) is 11.7 Å². The summed E-state index contributed by atoms with van der Waals surface area (Å²) in [7, 11) is 1.68. The normalized spacial score (nSPS) is 21.2. The third-order valence-electron chi connectivity index (χ3n) is 6.31. The number of nitrogens with zero attached hydrogens (tertiary/aromatic N) is 2. The van der Waals surface area contributed by atoms with Gasteiger partial charge in [0, 0.05) is 48.2 Å². The van der Waals surface area contributed by atoms with Crippen molar-refractivity contribution in [3.05, 3.63) is 59.3 Å². The molecule has 1 aliphatic heterocycles. The average molecular weight is 466 g/mol. The number of hydrogen-bond donors (Lipinski definition) is 1. The average Bonchev–Trinajstić information content (AvgIpc) is 2.81. The van der Waals surface area contributed by atoms with E-state index in [1.807, 2.05) is 12.1 Å². The summed E-state index contributed by atoms with van der Waals surface area (Å²) >= 11 is 0. The molecule has 0 spiro atoms. The second kappa shape index (κ2) is 13.3. The highest BCUT2D eigenvalue weighted by molar-refractivity contribution is 6.03. The molecule has 0 saturated carbocycles. The van der Waals surface area contributed by atoms with Gasteiger partial charge in [-0.3, -0.25) is 9.79 Å². The number of carbonyl (C=O) groups is 1. The van der Waals surface area contributed by atoms with E-state index in [0.717, 1.165) is 48.5 Å². The van der Waals surface area contributed by atoms with Crippen molar-refractivity contribution in [1.29, 1.82) is 0 Å². The van der Waals surface area contributed by atoms with Crippen LogP contribution in [0.2, 0.25) is 0 Å². The molecule has 1 N–H and O–H groups in total. The van der Waals surface area contributed by atoms with Crippen LogP contribution in [-0.4, -0.2) is 48.7 Å². The van der Waals surface area contributed by atoms with Gasteiger partial charge in [0.05, 0.1) is 12.8 Å². The quantitative estimate of drug-likeness (QED) is 0.269. The summed E-state index contributed by atoms with van der Waals surface area (Å²) in [6.45, 7) is 16.5. The third-order valence-corrected chi connectivity index (χ3v) is 6.31. The lowest BCUT2D eigenvalue weighted by Gasteiger charge is -2.38. The molecule has 1 aromatic rings. The Balaban J connectivity index is 2.47. The van der Waals surface area contributed by atoms with E-state index < -0.39 is 0 Å². The van der Waals surface area contributed by atoms with Gasteiger partial charge in [-0.1, -0.05) is 26.8 Å². The van der Waals surface area contributed by atoms with E-state index in [1.54, 1.807) is 20.1 Å². The first kappa shape index (κ1) is 27.6. The Morgan fingerprint density at radius 2 is 1.91 bits per heavy atom. The Labute approximate surface area is 206 Å². The number of benzene rings is 1. The van der Waals surface area contributed by atoms with Crippen LogP contribution in [0.4, 0.5) is 0 Å². The van der Waals surface area contributed by atoms with Crippen LogP contribution in [0.5, 0.6) is 5.75 Å². The first-order chi connectivity index (χ1) is 16.2. The van der Waals surface area contributed by atoms with E-state index in [4.69, 9.17) is 9.73 Å². The number of hydrogen-bond acceptors (Lipinski definition) is 5. The van der Waals surface area contributed by atoms with Gasteiger partial charge < -0.3 is 15.0 Å². The van der Waals surface area contributed by atoms with Crippen LogP contribution < -0.4 is 10.1 Å². The number of ether oxygens (including phenoxy) is 1. The number of nitrogens with one attached hydrogen (secondary N) is 1. The number of aryl methyl sites for hydroxylation is 1. The van der Waals surface area contributed by atoms with Gasteiger partial charge in [0.2, 0.25) is 0 Å². The molecule has 1 fully saturated rings. The molecular weight excluding hydrogens is 422 g/mol. The Bertz CT molecular complexity index is 948. The lowest BCUT2D eigenvalue weighted by Crippen LogP contribution is -2.53.